The van der Waals surface area contributed by atoms with Crippen LogP contribution in [0.3, 0.4) is 0 Å². The third kappa shape index (κ3) is 7.79. The zero-order valence-corrected chi connectivity index (χ0v) is 17.9. The molecule has 3 nitrogen and oxygen atoms in total. The van der Waals surface area contributed by atoms with Crippen LogP contribution >= 0.6 is 11.3 Å². The molecule has 0 spiro atoms. The summed E-state index contributed by atoms with van der Waals surface area (Å²) in [6.07, 6.45) is 8.72. The Balaban J connectivity index is 2.50. The Kier molecular flexibility index (Phi) is 11.9. The van der Waals surface area contributed by atoms with Crippen LogP contribution in [0.25, 0.3) is 0 Å². The highest BCUT2D eigenvalue weighted by molar-refractivity contribution is 7.08. The molecule has 1 heterocycles. The predicted molar refractivity (Wildman–Crippen MR) is 106 cm³/mol. The summed E-state index contributed by atoms with van der Waals surface area (Å²) in [6, 6.07) is 0.910. The molecular formula is C19H36O3SSi. The number of thiophene rings is 1. The molecule has 5 heteroatoms. The van der Waals surface area contributed by atoms with Crippen LogP contribution in [0.2, 0.25) is 6.04 Å². The van der Waals surface area contributed by atoms with Crippen molar-refractivity contribution in [3.05, 3.63) is 21.9 Å². The molecule has 1 aromatic heterocycles. The van der Waals surface area contributed by atoms with Crippen molar-refractivity contribution in [3.8, 4) is 0 Å². The lowest BCUT2D eigenvalue weighted by molar-refractivity contribution is 0.0708. The van der Waals surface area contributed by atoms with E-state index in [4.69, 9.17) is 13.3 Å². The van der Waals surface area contributed by atoms with E-state index in [-0.39, 0.29) is 0 Å². The van der Waals surface area contributed by atoms with Gasteiger partial charge in [-0.1, -0.05) is 26.2 Å². The second-order valence-electron chi connectivity index (χ2n) is 6.07. The molecule has 0 saturated carbocycles. The van der Waals surface area contributed by atoms with Crippen LogP contribution in [0.4, 0.5) is 0 Å². The van der Waals surface area contributed by atoms with Gasteiger partial charge in [0.15, 0.2) is 0 Å². The molecule has 0 N–H and O–H groups in total. The van der Waals surface area contributed by atoms with Gasteiger partial charge < -0.3 is 13.3 Å². The van der Waals surface area contributed by atoms with E-state index in [9.17, 15) is 0 Å². The van der Waals surface area contributed by atoms with Crippen LogP contribution < -0.4 is 0 Å². The molecular weight excluding hydrogens is 336 g/mol. The van der Waals surface area contributed by atoms with Gasteiger partial charge in [-0.25, -0.2) is 0 Å². The van der Waals surface area contributed by atoms with Crippen LogP contribution in [0, 0.1) is 0 Å². The van der Waals surface area contributed by atoms with Gasteiger partial charge in [-0.05, 0) is 68.3 Å². The summed E-state index contributed by atoms with van der Waals surface area (Å²) in [5.41, 5.74) is 3.07. The van der Waals surface area contributed by atoms with Crippen LogP contribution in [0.15, 0.2) is 10.8 Å². The van der Waals surface area contributed by atoms with E-state index in [2.05, 4.69) is 17.7 Å². The van der Waals surface area contributed by atoms with Crippen molar-refractivity contribution in [2.45, 2.75) is 78.7 Å². The maximum atomic E-state index is 5.95. The van der Waals surface area contributed by atoms with Crippen LogP contribution in [-0.2, 0) is 26.1 Å². The van der Waals surface area contributed by atoms with Gasteiger partial charge in [-0.15, -0.1) is 0 Å². The van der Waals surface area contributed by atoms with Gasteiger partial charge in [-0.2, -0.15) is 11.3 Å². The summed E-state index contributed by atoms with van der Waals surface area (Å²) in [7, 11) is -2.48. The van der Waals surface area contributed by atoms with Crippen molar-refractivity contribution >= 4 is 20.1 Å². The number of aryl methyl sites for hydroxylation is 2. The lowest BCUT2D eigenvalue weighted by atomic mass is 10.0. The summed E-state index contributed by atoms with van der Waals surface area (Å²) in [5, 5.41) is 4.65. The second-order valence-corrected chi connectivity index (χ2v) is 9.54. The maximum Gasteiger partial charge on any atom is 0.500 e. The van der Waals surface area contributed by atoms with E-state index in [0.717, 1.165) is 18.9 Å². The SMILES string of the molecule is CCCCCCc1cscc1CCC[Si](OCC)(OCC)OCC. The van der Waals surface area contributed by atoms with Crippen molar-refractivity contribution < 1.29 is 13.3 Å². The Morgan fingerprint density at radius 3 is 1.79 bits per heavy atom. The van der Waals surface area contributed by atoms with Crippen molar-refractivity contribution in [2.75, 3.05) is 19.8 Å². The molecule has 1 rings (SSSR count). The highest BCUT2D eigenvalue weighted by Crippen LogP contribution is 2.24. The molecule has 1 aromatic rings. The normalized spacial score (nSPS) is 12.0. The van der Waals surface area contributed by atoms with Crippen molar-refractivity contribution in [1.29, 1.82) is 0 Å². The lowest BCUT2D eigenvalue weighted by Crippen LogP contribution is -2.46. The summed E-state index contributed by atoms with van der Waals surface area (Å²) >= 11 is 1.84. The zero-order valence-electron chi connectivity index (χ0n) is 16.1. The molecule has 0 aliphatic heterocycles. The molecule has 24 heavy (non-hydrogen) atoms. The van der Waals surface area contributed by atoms with Crippen molar-refractivity contribution in [3.63, 3.8) is 0 Å². The minimum atomic E-state index is -2.48. The van der Waals surface area contributed by atoms with Crippen molar-refractivity contribution in [2.24, 2.45) is 0 Å². The van der Waals surface area contributed by atoms with Gasteiger partial charge >= 0.3 is 8.80 Å². The first kappa shape index (κ1) is 21.8. The first-order valence-corrected chi connectivity index (χ1v) is 12.5. The quantitative estimate of drug-likeness (QED) is 0.285. The molecule has 0 bridgehead atoms. The topological polar surface area (TPSA) is 27.7 Å². The van der Waals surface area contributed by atoms with Crippen LogP contribution in [0.5, 0.6) is 0 Å². The van der Waals surface area contributed by atoms with Gasteiger partial charge in [0.05, 0.1) is 0 Å². The van der Waals surface area contributed by atoms with Crippen LogP contribution in [-0.4, -0.2) is 28.6 Å². The van der Waals surface area contributed by atoms with E-state index in [0.29, 0.717) is 19.8 Å². The molecule has 0 radical (unpaired) electrons. The molecule has 0 aliphatic rings. The van der Waals surface area contributed by atoms with E-state index < -0.39 is 8.80 Å². The number of rotatable bonds is 15. The van der Waals surface area contributed by atoms with Gasteiger partial charge in [0.25, 0.3) is 0 Å². The average Bonchev–Trinajstić information content (AvgIpc) is 3.00. The largest absolute Gasteiger partial charge is 0.500 e. The fourth-order valence-electron chi connectivity index (χ4n) is 3.03. The van der Waals surface area contributed by atoms with E-state index in [1.54, 1.807) is 5.56 Å². The maximum absolute atomic E-state index is 5.95. The van der Waals surface area contributed by atoms with E-state index >= 15 is 0 Å². The highest BCUT2D eigenvalue weighted by atomic mass is 32.1. The summed E-state index contributed by atoms with van der Waals surface area (Å²) in [4.78, 5) is 0. The fraction of sp³-hybridized carbons (Fsp3) is 0.789. The van der Waals surface area contributed by atoms with Gasteiger partial charge in [-0.3, -0.25) is 0 Å². The van der Waals surface area contributed by atoms with Crippen LogP contribution in [0.1, 0.15) is 70.9 Å². The molecule has 0 aromatic carbocycles. The Morgan fingerprint density at radius 1 is 0.750 bits per heavy atom. The molecule has 0 unspecified atom stereocenters. The summed E-state index contributed by atoms with van der Waals surface area (Å²) < 4.78 is 17.8. The van der Waals surface area contributed by atoms with Gasteiger partial charge in [0.2, 0.25) is 0 Å². The number of unbranched alkanes of at least 4 members (excludes halogenated alkanes) is 3. The highest BCUT2D eigenvalue weighted by Gasteiger charge is 2.39. The summed E-state index contributed by atoms with van der Waals surface area (Å²) in [5.74, 6) is 0. The van der Waals surface area contributed by atoms with Gasteiger partial charge in [0.1, 0.15) is 0 Å². The standard InChI is InChI=1S/C19H36O3SSi/c1-5-9-10-11-13-18-16-23-17-19(18)14-12-15-24(20-6-2,21-7-3)22-8-4/h16-17H,5-15H2,1-4H3. The van der Waals surface area contributed by atoms with E-state index in [1.807, 2.05) is 32.1 Å². The minimum Gasteiger partial charge on any atom is -0.374 e. The third-order valence-electron chi connectivity index (χ3n) is 4.15. The molecule has 0 saturated heterocycles. The average molecular weight is 373 g/mol. The Morgan fingerprint density at radius 2 is 1.29 bits per heavy atom. The number of hydrogen-bond donors (Lipinski definition) is 0. The minimum absolute atomic E-state index is 0.660. The monoisotopic (exact) mass is 372 g/mol. The first-order chi connectivity index (χ1) is 11.7. The molecule has 140 valence electrons. The zero-order chi connectivity index (χ0) is 17.7. The lowest BCUT2D eigenvalue weighted by Gasteiger charge is -2.28. The molecule has 0 fully saturated rings. The first-order valence-electron chi connectivity index (χ1n) is 9.67. The summed E-state index contributed by atoms with van der Waals surface area (Å²) in [6.45, 7) is 10.3. The molecule has 0 atom stereocenters. The molecule has 0 aliphatic carbocycles. The van der Waals surface area contributed by atoms with Crippen molar-refractivity contribution in [1.82, 2.24) is 0 Å². The smallest absolute Gasteiger partial charge is 0.374 e. The Hall–Kier alpha value is -0.203. The molecule has 0 amide bonds. The Labute approximate surface area is 154 Å². The number of hydrogen-bond acceptors (Lipinski definition) is 4. The predicted octanol–water partition coefficient (Wildman–Crippen LogP) is 5.85. The fourth-order valence-corrected chi connectivity index (χ4v) is 6.57. The van der Waals surface area contributed by atoms with Gasteiger partial charge in [0, 0.05) is 25.9 Å². The van der Waals surface area contributed by atoms with E-state index in [1.165, 1.54) is 37.7 Å². The Bertz CT molecular complexity index is 405. The third-order valence-corrected chi connectivity index (χ3v) is 8.15. The second kappa shape index (κ2) is 13.1.